The lowest BCUT2D eigenvalue weighted by Gasteiger charge is -2.23. The second kappa shape index (κ2) is 5.88. The monoisotopic (exact) mass is 229 g/mol. The Kier molecular flexibility index (Phi) is 4.78. The van der Waals surface area contributed by atoms with Crippen molar-refractivity contribution in [1.29, 1.82) is 0 Å². The minimum atomic E-state index is 0.112. The highest BCUT2D eigenvalue weighted by atomic mass is 35.5. The molecule has 1 aromatic rings. The molecule has 0 bridgehead atoms. The van der Waals surface area contributed by atoms with Crippen LogP contribution in [0.2, 0.25) is 5.15 Å². The predicted octanol–water partition coefficient (Wildman–Crippen LogP) is 1.65. The van der Waals surface area contributed by atoms with Gasteiger partial charge in [0.25, 0.3) is 0 Å². The summed E-state index contributed by atoms with van der Waals surface area (Å²) >= 11 is 5.92. The second-order valence-corrected chi connectivity index (χ2v) is 3.68. The van der Waals surface area contributed by atoms with Crippen LogP contribution >= 0.6 is 11.6 Å². The van der Waals surface area contributed by atoms with Crippen LogP contribution in [0.15, 0.2) is 6.33 Å². The average Bonchev–Trinajstić information content (AvgIpc) is 2.22. The lowest BCUT2D eigenvalue weighted by Crippen LogP contribution is -2.29. The molecule has 0 radical (unpaired) electrons. The van der Waals surface area contributed by atoms with Crippen LogP contribution in [0.3, 0.4) is 0 Å². The first kappa shape index (κ1) is 12.2. The molecule has 0 aliphatic heterocycles. The molecule has 15 heavy (non-hydrogen) atoms. The average molecular weight is 230 g/mol. The van der Waals surface area contributed by atoms with Crippen LogP contribution in [0.5, 0.6) is 0 Å². The third-order valence-electron chi connectivity index (χ3n) is 2.16. The minimum Gasteiger partial charge on any atom is -0.395 e. The molecular formula is C10H16ClN3O. The molecule has 1 heterocycles. The van der Waals surface area contributed by atoms with Gasteiger partial charge in [-0.25, -0.2) is 9.97 Å². The third-order valence-corrected chi connectivity index (χ3v) is 2.54. The quantitative estimate of drug-likeness (QED) is 0.780. The summed E-state index contributed by atoms with van der Waals surface area (Å²) in [6, 6.07) is 0. The van der Waals surface area contributed by atoms with Crippen molar-refractivity contribution in [2.45, 2.75) is 20.3 Å². The Morgan fingerprint density at radius 1 is 1.40 bits per heavy atom. The van der Waals surface area contributed by atoms with Crippen LogP contribution in [0.1, 0.15) is 18.9 Å². The number of aliphatic hydroxyl groups excluding tert-OH is 1. The van der Waals surface area contributed by atoms with Crippen molar-refractivity contribution < 1.29 is 5.11 Å². The van der Waals surface area contributed by atoms with Crippen molar-refractivity contribution in [2.75, 3.05) is 24.6 Å². The molecule has 1 N–H and O–H groups in total. The van der Waals surface area contributed by atoms with Crippen LogP contribution in [0.25, 0.3) is 0 Å². The highest BCUT2D eigenvalue weighted by molar-refractivity contribution is 6.30. The van der Waals surface area contributed by atoms with Crippen LogP contribution in [-0.2, 0) is 0 Å². The fraction of sp³-hybridized carbons (Fsp3) is 0.600. The van der Waals surface area contributed by atoms with E-state index in [9.17, 15) is 0 Å². The maximum absolute atomic E-state index is 8.97. The number of aromatic nitrogens is 2. The molecule has 0 atom stereocenters. The standard InChI is InChI=1S/C10H16ClN3O/c1-3-4-14(5-6-15)10-8(2)9(11)12-7-13-10/h7,15H,3-6H2,1-2H3. The van der Waals surface area contributed by atoms with Gasteiger partial charge in [0.05, 0.1) is 6.61 Å². The van der Waals surface area contributed by atoms with Gasteiger partial charge >= 0.3 is 0 Å². The number of aliphatic hydroxyl groups is 1. The van der Waals surface area contributed by atoms with E-state index in [1.165, 1.54) is 6.33 Å². The number of anilines is 1. The summed E-state index contributed by atoms with van der Waals surface area (Å²) in [7, 11) is 0. The lowest BCUT2D eigenvalue weighted by atomic mass is 10.3. The number of halogens is 1. The third kappa shape index (κ3) is 3.04. The molecule has 0 aromatic carbocycles. The van der Waals surface area contributed by atoms with Gasteiger partial charge in [-0.2, -0.15) is 0 Å². The van der Waals surface area contributed by atoms with Gasteiger partial charge in [-0.1, -0.05) is 18.5 Å². The summed E-state index contributed by atoms with van der Waals surface area (Å²) in [4.78, 5) is 10.1. The molecule has 1 aromatic heterocycles. The molecule has 0 saturated carbocycles. The summed E-state index contributed by atoms with van der Waals surface area (Å²) in [6.07, 6.45) is 2.45. The number of hydrogen-bond donors (Lipinski definition) is 1. The zero-order valence-corrected chi connectivity index (χ0v) is 9.83. The first-order chi connectivity index (χ1) is 7.20. The molecule has 84 valence electrons. The van der Waals surface area contributed by atoms with E-state index < -0.39 is 0 Å². The van der Waals surface area contributed by atoms with Gasteiger partial charge in [0, 0.05) is 18.7 Å². The lowest BCUT2D eigenvalue weighted by molar-refractivity contribution is 0.301. The van der Waals surface area contributed by atoms with E-state index in [1.807, 2.05) is 11.8 Å². The van der Waals surface area contributed by atoms with E-state index in [4.69, 9.17) is 16.7 Å². The van der Waals surface area contributed by atoms with E-state index in [-0.39, 0.29) is 6.61 Å². The molecule has 0 aliphatic rings. The zero-order valence-electron chi connectivity index (χ0n) is 9.07. The molecule has 4 nitrogen and oxygen atoms in total. The molecule has 0 unspecified atom stereocenters. The topological polar surface area (TPSA) is 49.2 Å². The van der Waals surface area contributed by atoms with Crippen molar-refractivity contribution in [3.05, 3.63) is 17.0 Å². The summed E-state index contributed by atoms with van der Waals surface area (Å²) < 4.78 is 0. The number of rotatable bonds is 5. The largest absolute Gasteiger partial charge is 0.395 e. The molecular weight excluding hydrogens is 214 g/mol. The number of nitrogens with zero attached hydrogens (tertiary/aromatic N) is 3. The van der Waals surface area contributed by atoms with Gasteiger partial charge in [0.1, 0.15) is 17.3 Å². The molecule has 0 aliphatic carbocycles. The van der Waals surface area contributed by atoms with Gasteiger partial charge in [-0.05, 0) is 13.3 Å². The highest BCUT2D eigenvalue weighted by Gasteiger charge is 2.11. The maximum atomic E-state index is 8.97. The Bertz CT molecular complexity index is 314. The minimum absolute atomic E-state index is 0.112. The van der Waals surface area contributed by atoms with Gasteiger partial charge in [-0.3, -0.25) is 0 Å². The molecule has 0 saturated heterocycles. The molecule has 0 fully saturated rings. The van der Waals surface area contributed by atoms with Gasteiger partial charge < -0.3 is 10.0 Å². The van der Waals surface area contributed by atoms with Crippen molar-refractivity contribution in [3.8, 4) is 0 Å². The van der Waals surface area contributed by atoms with E-state index in [0.29, 0.717) is 11.7 Å². The second-order valence-electron chi connectivity index (χ2n) is 3.32. The van der Waals surface area contributed by atoms with Crippen molar-refractivity contribution in [1.82, 2.24) is 9.97 Å². The molecule has 0 spiro atoms. The Labute approximate surface area is 94.9 Å². The molecule has 0 amide bonds. The summed E-state index contributed by atoms with van der Waals surface area (Å²) in [5, 5.41) is 9.44. The Balaban J connectivity index is 2.94. The van der Waals surface area contributed by atoms with Gasteiger partial charge in [0.15, 0.2) is 0 Å². The van der Waals surface area contributed by atoms with Gasteiger partial charge in [-0.15, -0.1) is 0 Å². The van der Waals surface area contributed by atoms with E-state index in [1.54, 1.807) is 0 Å². The maximum Gasteiger partial charge on any atom is 0.137 e. The highest BCUT2D eigenvalue weighted by Crippen LogP contribution is 2.21. The van der Waals surface area contributed by atoms with Crippen LogP contribution in [0, 0.1) is 6.92 Å². The predicted molar refractivity (Wildman–Crippen MR) is 61.4 cm³/mol. The normalized spacial score (nSPS) is 10.4. The molecule has 5 heteroatoms. The summed E-state index contributed by atoms with van der Waals surface area (Å²) in [5.74, 6) is 0.811. The smallest absolute Gasteiger partial charge is 0.137 e. The Morgan fingerprint density at radius 3 is 2.73 bits per heavy atom. The summed E-state index contributed by atoms with van der Waals surface area (Å²) in [5.41, 5.74) is 0.862. The van der Waals surface area contributed by atoms with Crippen LogP contribution < -0.4 is 4.90 Å². The van der Waals surface area contributed by atoms with Crippen LogP contribution in [0.4, 0.5) is 5.82 Å². The van der Waals surface area contributed by atoms with E-state index >= 15 is 0 Å². The zero-order chi connectivity index (χ0) is 11.3. The Morgan fingerprint density at radius 2 is 2.13 bits per heavy atom. The van der Waals surface area contributed by atoms with E-state index in [0.717, 1.165) is 24.3 Å². The number of hydrogen-bond acceptors (Lipinski definition) is 4. The van der Waals surface area contributed by atoms with Crippen molar-refractivity contribution >= 4 is 17.4 Å². The SMILES string of the molecule is CCCN(CCO)c1ncnc(Cl)c1C. The fourth-order valence-electron chi connectivity index (χ4n) is 1.45. The van der Waals surface area contributed by atoms with E-state index in [2.05, 4.69) is 16.9 Å². The van der Waals surface area contributed by atoms with Gasteiger partial charge in [0.2, 0.25) is 0 Å². The fourth-order valence-corrected chi connectivity index (χ4v) is 1.58. The van der Waals surface area contributed by atoms with Crippen LogP contribution in [-0.4, -0.2) is 34.8 Å². The first-order valence-corrected chi connectivity index (χ1v) is 5.41. The van der Waals surface area contributed by atoms with Crippen molar-refractivity contribution in [3.63, 3.8) is 0 Å². The first-order valence-electron chi connectivity index (χ1n) is 5.03. The summed E-state index contributed by atoms with van der Waals surface area (Å²) in [6.45, 7) is 5.51. The van der Waals surface area contributed by atoms with Crippen molar-refractivity contribution in [2.24, 2.45) is 0 Å². The molecule has 1 rings (SSSR count). The Hall–Kier alpha value is -0.870.